The Balaban J connectivity index is 1.42. The highest BCUT2D eigenvalue weighted by Gasteiger charge is 2.31. The van der Waals surface area contributed by atoms with E-state index in [1.807, 2.05) is 0 Å². The van der Waals surface area contributed by atoms with Gasteiger partial charge in [-0.05, 0) is 37.5 Å². The third-order valence-corrected chi connectivity index (χ3v) is 6.01. The predicted octanol–water partition coefficient (Wildman–Crippen LogP) is 5.27. The Morgan fingerprint density at radius 3 is 2.54 bits per heavy atom. The van der Waals surface area contributed by atoms with E-state index in [0.717, 1.165) is 24.8 Å². The molecular formula is C24H23F4N7O2. The minimum Gasteiger partial charge on any atom is -0.494 e. The van der Waals surface area contributed by atoms with Crippen LogP contribution < -0.4 is 14.8 Å². The van der Waals surface area contributed by atoms with Crippen LogP contribution in [0.25, 0.3) is 5.69 Å². The highest BCUT2D eigenvalue weighted by atomic mass is 19.4. The minimum atomic E-state index is -4.76. The van der Waals surface area contributed by atoms with Crippen LogP contribution in [0.1, 0.15) is 42.4 Å². The molecule has 4 aromatic rings. The lowest BCUT2D eigenvalue weighted by Gasteiger charge is -2.15. The van der Waals surface area contributed by atoms with E-state index in [9.17, 15) is 13.2 Å². The number of hydrogen-bond donors (Lipinski definition) is 1. The van der Waals surface area contributed by atoms with Gasteiger partial charge >= 0.3 is 6.36 Å². The van der Waals surface area contributed by atoms with E-state index in [0.29, 0.717) is 29.6 Å². The molecule has 0 radical (unpaired) electrons. The highest BCUT2D eigenvalue weighted by molar-refractivity contribution is 5.62. The predicted molar refractivity (Wildman–Crippen MR) is 125 cm³/mol. The largest absolute Gasteiger partial charge is 0.573 e. The fourth-order valence-corrected chi connectivity index (χ4v) is 4.35. The van der Waals surface area contributed by atoms with E-state index in [2.05, 4.69) is 30.2 Å². The lowest BCUT2D eigenvalue weighted by molar-refractivity contribution is -0.274. The molecule has 9 nitrogen and oxygen atoms in total. The summed E-state index contributed by atoms with van der Waals surface area (Å²) in [4.78, 5) is 8.68. The van der Waals surface area contributed by atoms with Crippen LogP contribution >= 0.6 is 0 Å². The zero-order chi connectivity index (χ0) is 26.2. The summed E-state index contributed by atoms with van der Waals surface area (Å²) < 4.78 is 65.2. The molecule has 0 unspecified atom stereocenters. The van der Waals surface area contributed by atoms with Crippen LogP contribution in [0.4, 0.5) is 29.2 Å². The summed E-state index contributed by atoms with van der Waals surface area (Å²) in [6.07, 6.45) is -0.791. The molecule has 37 heavy (non-hydrogen) atoms. The molecule has 3 heterocycles. The molecule has 1 atom stereocenters. The van der Waals surface area contributed by atoms with E-state index in [-0.39, 0.29) is 23.3 Å². The number of halogens is 4. The van der Waals surface area contributed by atoms with Gasteiger partial charge in [-0.15, -0.1) is 18.3 Å². The van der Waals surface area contributed by atoms with Crippen molar-refractivity contribution in [2.45, 2.75) is 45.0 Å². The molecule has 1 aliphatic heterocycles. The first-order valence-electron chi connectivity index (χ1n) is 11.5. The van der Waals surface area contributed by atoms with Crippen molar-refractivity contribution in [3.8, 4) is 17.2 Å². The molecular weight excluding hydrogens is 494 g/mol. The van der Waals surface area contributed by atoms with Crippen molar-refractivity contribution in [1.29, 1.82) is 0 Å². The monoisotopic (exact) mass is 517 g/mol. The Morgan fingerprint density at radius 2 is 1.86 bits per heavy atom. The Morgan fingerprint density at radius 1 is 1.08 bits per heavy atom. The maximum absolute atomic E-state index is 15.1. The second-order valence-electron chi connectivity index (χ2n) is 8.55. The van der Waals surface area contributed by atoms with E-state index >= 15 is 4.39 Å². The number of benzene rings is 2. The molecule has 13 heteroatoms. The first-order chi connectivity index (χ1) is 17.7. The number of nitrogens with one attached hydrogen (secondary N) is 1. The van der Waals surface area contributed by atoms with E-state index in [4.69, 9.17) is 4.74 Å². The molecule has 2 aromatic carbocycles. The van der Waals surface area contributed by atoms with Crippen LogP contribution in [0.15, 0.2) is 42.7 Å². The minimum absolute atomic E-state index is 0.114. The lowest BCUT2D eigenvalue weighted by Crippen LogP contribution is -2.17. The van der Waals surface area contributed by atoms with Crippen molar-refractivity contribution in [1.82, 2.24) is 29.5 Å². The second-order valence-corrected chi connectivity index (χ2v) is 8.55. The van der Waals surface area contributed by atoms with Gasteiger partial charge in [0.1, 0.15) is 41.0 Å². The Bertz CT molecular complexity index is 1400. The number of aryl methyl sites for hydroxylation is 2. The van der Waals surface area contributed by atoms with Gasteiger partial charge in [0.25, 0.3) is 0 Å². The summed E-state index contributed by atoms with van der Waals surface area (Å²) in [6.45, 7) is 2.34. The molecule has 0 saturated carbocycles. The van der Waals surface area contributed by atoms with Crippen molar-refractivity contribution >= 4 is 11.6 Å². The third-order valence-electron chi connectivity index (χ3n) is 6.01. The quantitative estimate of drug-likeness (QED) is 0.348. The normalized spacial score (nSPS) is 15.7. The van der Waals surface area contributed by atoms with Gasteiger partial charge in [-0.25, -0.2) is 18.7 Å². The summed E-state index contributed by atoms with van der Waals surface area (Å²) in [5.41, 5.74) is 1.29. The summed E-state index contributed by atoms with van der Waals surface area (Å²) >= 11 is 0. The molecule has 194 valence electrons. The molecule has 0 aliphatic carbocycles. The van der Waals surface area contributed by atoms with Gasteiger partial charge in [-0.1, -0.05) is 18.6 Å². The molecule has 5 rings (SSSR count). The molecule has 1 aliphatic rings. The molecule has 1 N–H and O–H groups in total. The number of hydrogen-bond acceptors (Lipinski definition) is 7. The molecule has 0 amide bonds. The summed E-state index contributed by atoms with van der Waals surface area (Å²) in [5, 5.41) is 11.6. The molecule has 0 fully saturated rings. The summed E-state index contributed by atoms with van der Waals surface area (Å²) in [5.74, 6) is 0.700. The number of ether oxygens (including phenoxy) is 2. The Kier molecular flexibility index (Phi) is 6.44. The van der Waals surface area contributed by atoms with Crippen molar-refractivity contribution in [3.05, 3.63) is 65.8 Å². The zero-order valence-electron chi connectivity index (χ0n) is 20.0. The van der Waals surface area contributed by atoms with Crippen LogP contribution in [-0.2, 0) is 6.54 Å². The Labute approximate surface area is 209 Å². The average Bonchev–Trinajstić information content (AvgIpc) is 3.40. The summed E-state index contributed by atoms with van der Waals surface area (Å²) in [6, 6.07) is 8.53. The Hall–Kier alpha value is -4.16. The highest BCUT2D eigenvalue weighted by Crippen LogP contribution is 2.35. The smallest absolute Gasteiger partial charge is 0.494 e. The molecule has 0 saturated heterocycles. The van der Waals surface area contributed by atoms with Crippen molar-refractivity contribution in [2.75, 3.05) is 12.4 Å². The van der Waals surface area contributed by atoms with E-state index in [1.165, 1.54) is 42.4 Å². The number of fused-ring (bicyclic) bond motifs is 1. The number of alkyl halides is 3. The van der Waals surface area contributed by atoms with Crippen LogP contribution in [0.3, 0.4) is 0 Å². The topological polar surface area (TPSA) is 91.9 Å². The average molecular weight is 517 g/mol. The fourth-order valence-electron chi connectivity index (χ4n) is 4.35. The number of rotatable bonds is 6. The van der Waals surface area contributed by atoms with Crippen LogP contribution in [-0.4, -0.2) is 43.0 Å². The first kappa shape index (κ1) is 24.5. The van der Waals surface area contributed by atoms with Crippen LogP contribution in [0.2, 0.25) is 0 Å². The van der Waals surface area contributed by atoms with Gasteiger partial charge in [-0.3, -0.25) is 0 Å². The van der Waals surface area contributed by atoms with Crippen molar-refractivity contribution in [2.24, 2.45) is 0 Å². The van der Waals surface area contributed by atoms with Gasteiger partial charge in [-0.2, -0.15) is 10.1 Å². The third kappa shape index (κ3) is 5.34. The van der Waals surface area contributed by atoms with E-state index < -0.39 is 12.2 Å². The van der Waals surface area contributed by atoms with Crippen molar-refractivity contribution in [3.63, 3.8) is 0 Å². The van der Waals surface area contributed by atoms with Gasteiger partial charge in [0, 0.05) is 24.6 Å². The lowest BCUT2D eigenvalue weighted by atomic mass is 9.93. The van der Waals surface area contributed by atoms with Gasteiger partial charge in [0.2, 0.25) is 5.95 Å². The molecule has 0 bridgehead atoms. The number of nitrogens with zero attached hydrogens (tertiary/aromatic N) is 6. The number of anilines is 2. The number of aromatic nitrogens is 6. The van der Waals surface area contributed by atoms with Crippen molar-refractivity contribution < 1.29 is 27.0 Å². The van der Waals surface area contributed by atoms with Crippen LogP contribution in [0, 0.1) is 12.7 Å². The SMILES string of the molecule is COc1cc(Nc2nc3n(n2)CCCC[C@@H]3c2ccc(OC(F)(F)F)cc2)c(F)cc1-n1cnc(C)n1. The van der Waals surface area contributed by atoms with E-state index in [1.54, 1.807) is 23.7 Å². The standard InChI is InChI=1S/C24H23F4N7O2/c1-14-29-13-35(32-14)20-11-18(25)19(12-21(20)36-2)30-23-31-22-17(5-3-4-10-34(22)33-23)15-6-8-16(9-7-15)37-24(26,27)28/h6-9,11-13,17H,3-5,10H2,1-2H3,(H,30,33)/t17-/m1/s1. The fraction of sp³-hybridized carbons (Fsp3) is 0.333. The first-order valence-corrected chi connectivity index (χ1v) is 11.5. The maximum atomic E-state index is 15.1. The molecule has 0 spiro atoms. The maximum Gasteiger partial charge on any atom is 0.573 e. The van der Waals surface area contributed by atoms with Crippen LogP contribution in [0.5, 0.6) is 11.5 Å². The van der Waals surface area contributed by atoms with Gasteiger partial charge < -0.3 is 14.8 Å². The second kappa shape index (κ2) is 9.71. The zero-order valence-corrected chi connectivity index (χ0v) is 20.0. The molecule has 2 aromatic heterocycles. The number of methoxy groups -OCH3 is 1. The van der Waals surface area contributed by atoms with Gasteiger partial charge in [0.15, 0.2) is 0 Å². The summed E-state index contributed by atoms with van der Waals surface area (Å²) in [7, 11) is 1.47. The van der Waals surface area contributed by atoms with Gasteiger partial charge in [0.05, 0.1) is 12.8 Å².